The number of rotatable bonds is 15. The van der Waals surface area contributed by atoms with E-state index < -0.39 is 129 Å². The smallest absolute Gasteiger partial charge is 0.293 e. The molecule has 0 saturated heterocycles. The second kappa shape index (κ2) is 17.0. The summed E-state index contributed by atoms with van der Waals surface area (Å²) in [5.74, 6) is -10.2. The van der Waals surface area contributed by atoms with E-state index in [0.29, 0.717) is 22.0 Å². The normalized spacial score (nSPS) is 17.7. The highest BCUT2D eigenvalue weighted by molar-refractivity contribution is 7.91. The van der Waals surface area contributed by atoms with Gasteiger partial charge in [-0.1, -0.05) is 17.7 Å². The molecule has 67 heavy (non-hydrogen) atoms. The monoisotopic (exact) mass is 974 g/mol. The van der Waals surface area contributed by atoms with E-state index in [1.807, 2.05) is 0 Å². The molecule has 4 N–H and O–H groups in total. The summed E-state index contributed by atoms with van der Waals surface area (Å²) in [7, 11) is -4.17. The van der Waals surface area contributed by atoms with Crippen molar-refractivity contribution in [2.45, 2.75) is 75.1 Å². The van der Waals surface area contributed by atoms with Gasteiger partial charge in [0.05, 0.1) is 50.7 Å². The fourth-order valence-electron chi connectivity index (χ4n) is 8.53. The number of hydrogen-bond acceptors (Lipinski definition) is 10. The highest BCUT2D eigenvalue weighted by atomic mass is 35.5. The SMILES string of the molecule is Cc1ccnc(-c2ccc3c(=O)n(-c4ccc(Cl)c(C(=N)NS(=O)(=O)C5CC5)c4NCC(F)F)c([C@H](Cc4cc(F)cc(F)c4)NC(=O)Cn4nc(C(F)F)c5c4C(F)(F)[C@H]4CC54)nc3c2)n1. The van der Waals surface area contributed by atoms with Crippen molar-refractivity contribution in [3.8, 4) is 17.1 Å². The first kappa shape index (κ1) is 45.7. The lowest BCUT2D eigenvalue weighted by Crippen LogP contribution is -2.38. The third kappa shape index (κ3) is 8.69. The van der Waals surface area contributed by atoms with Crippen molar-refractivity contribution in [1.29, 1.82) is 5.41 Å². The van der Waals surface area contributed by atoms with Crippen LogP contribution in [0.5, 0.6) is 0 Å². The number of aromatic nitrogens is 6. The van der Waals surface area contributed by atoms with E-state index in [-0.39, 0.29) is 57.8 Å². The Balaban J connectivity index is 1.25. The number of anilines is 1. The summed E-state index contributed by atoms with van der Waals surface area (Å²) < 4.78 is 147. The fraction of sp³-hybridized carbons (Fsp3) is 0.326. The van der Waals surface area contributed by atoms with Gasteiger partial charge in [-0.05, 0) is 80.1 Å². The number of nitrogens with one attached hydrogen (secondary N) is 4. The van der Waals surface area contributed by atoms with Crippen LogP contribution in [0.2, 0.25) is 5.02 Å². The highest BCUT2D eigenvalue weighted by Crippen LogP contribution is 2.68. The van der Waals surface area contributed by atoms with E-state index in [1.54, 1.807) is 13.0 Å². The van der Waals surface area contributed by atoms with Crippen LogP contribution < -0.4 is 20.9 Å². The number of benzene rings is 3. The maximum absolute atomic E-state index is 15.6. The van der Waals surface area contributed by atoms with Crippen LogP contribution in [0, 0.1) is 29.9 Å². The molecule has 3 aromatic carbocycles. The Morgan fingerprint density at radius 1 is 1.01 bits per heavy atom. The molecule has 3 aromatic heterocycles. The van der Waals surface area contributed by atoms with E-state index in [2.05, 4.69) is 30.4 Å². The second-order valence-electron chi connectivity index (χ2n) is 16.5. The summed E-state index contributed by atoms with van der Waals surface area (Å²) in [6.45, 7) is -0.525. The molecule has 3 atom stereocenters. The second-order valence-corrected chi connectivity index (χ2v) is 18.8. The molecule has 3 aliphatic carbocycles. The van der Waals surface area contributed by atoms with Gasteiger partial charge in [0.1, 0.15) is 41.2 Å². The van der Waals surface area contributed by atoms with Gasteiger partial charge in [-0.15, -0.1) is 0 Å². The Kier molecular flexibility index (Phi) is 11.6. The molecular weight excluding hydrogens is 940 g/mol. The number of carbonyl (C=O) groups is 1. The van der Waals surface area contributed by atoms with Crippen molar-refractivity contribution in [1.82, 2.24) is 39.3 Å². The number of aryl methyl sites for hydroxylation is 1. The summed E-state index contributed by atoms with van der Waals surface area (Å²) in [6, 6.07) is 8.80. The van der Waals surface area contributed by atoms with Crippen LogP contribution in [0.4, 0.5) is 40.8 Å². The van der Waals surface area contributed by atoms with Crippen molar-refractivity contribution >= 4 is 50.0 Å². The molecule has 0 radical (unpaired) electrons. The lowest BCUT2D eigenvalue weighted by Gasteiger charge is -2.26. The summed E-state index contributed by atoms with van der Waals surface area (Å²) >= 11 is 6.57. The third-order valence-corrected chi connectivity index (χ3v) is 13.8. The van der Waals surface area contributed by atoms with Gasteiger partial charge < -0.3 is 10.6 Å². The highest BCUT2D eigenvalue weighted by Gasteiger charge is 2.67. The van der Waals surface area contributed by atoms with Gasteiger partial charge in [-0.3, -0.25) is 29.0 Å². The predicted molar refractivity (Wildman–Crippen MR) is 227 cm³/mol. The quantitative estimate of drug-likeness (QED) is 0.0456. The standard InChI is InChI=1S/C43H35ClF8N10O4S/c1-18-8-9-54-40(56-18)20-2-5-24-28(13-20)58-41(62(42(24)64)30-7-6-27(44)34(35(30)55-16-31(47)48)39(53)60-67(65,66)23-3-4-23)29(12-19-10-21(45)14-22(46)11-19)57-32(63)17-61-37-33(36(59-61)38(49)50)25-15-26(25)43(37,51)52/h2,5-11,13-14,23,25-26,29,31,38,55H,3-4,12,15-17H2,1H3,(H2,53,60)(H,57,63)/t25?,26-,29-/m0/s1. The first-order valence-electron chi connectivity index (χ1n) is 20.5. The van der Waals surface area contributed by atoms with Gasteiger partial charge in [0, 0.05) is 41.4 Å². The van der Waals surface area contributed by atoms with E-state index in [4.69, 9.17) is 22.0 Å². The lowest BCUT2D eigenvalue weighted by atomic mass is 10.0. The Hall–Kier alpha value is -6.49. The molecule has 2 fully saturated rings. The molecule has 1 unspecified atom stereocenters. The molecule has 9 rings (SSSR count). The molecule has 0 aliphatic heterocycles. The number of hydrogen-bond donors (Lipinski definition) is 4. The topological polar surface area (TPSA) is 190 Å². The maximum Gasteiger partial charge on any atom is 0.293 e. The average molecular weight is 975 g/mol. The van der Waals surface area contributed by atoms with Crippen LogP contribution in [-0.4, -0.2) is 67.7 Å². The van der Waals surface area contributed by atoms with E-state index in [0.717, 1.165) is 28.8 Å². The van der Waals surface area contributed by atoms with E-state index in [1.165, 1.54) is 24.4 Å². The van der Waals surface area contributed by atoms with Crippen LogP contribution >= 0.6 is 11.6 Å². The molecule has 3 heterocycles. The lowest BCUT2D eigenvalue weighted by molar-refractivity contribution is -0.123. The van der Waals surface area contributed by atoms with Crippen LogP contribution in [0.15, 0.2) is 65.6 Å². The predicted octanol–water partition coefficient (Wildman–Crippen LogP) is 7.61. The Morgan fingerprint density at radius 3 is 2.42 bits per heavy atom. The molecule has 1 amide bonds. The van der Waals surface area contributed by atoms with Crippen molar-refractivity contribution in [3.63, 3.8) is 0 Å². The minimum absolute atomic E-state index is 0.0564. The summed E-state index contributed by atoms with van der Waals surface area (Å²) in [5, 5.41) is 16.2. The molecule has 6 aromatic rings. The molecule has 14 nitrogen and oxygen atoms in total. The maximum atomic E-state index is 15.6. The van der Waals surface area contributed by atoms with Gasteiger partial charge in [0.2, 0.25) is 15.9 Å². The summed E-state index contributed by atoms with van der Waals surface area (Å²) in [4.78, 5) is 42.8. The van der Waals surface area contributed by atoms with Crippen LogP contribution in [-0.2, 0) is 33.7 Å². The Bertz CT molecular complexity index is 3180. The van der Waals surface area contributed by atoms with Crippen LogP contribution in [0.3, 0.4) is 0 Å². The first-order valence-corrected chi connectivity index (χ1v) is 22.5. The Morgan fingerprint density at radius 2 is 1.75 bits per heavy atom. The molecule has 0 bridgehead atoms. The number of carbonyl (C=O) groups excluding carboxylic acids is 1. The average Bonchev–Trinajstić information content (AvgIpc) is 4.19. The van der Waals surface area contributed by atoms with Crippen molar-refractivity contribution < 1.29 is 48.3 Å². The number of alkyl halides is 6. The fourth-order valence-corrected chi connectivity index (χ4v) is 10.1. The molecular formula is C43H35ClF8N10O4S. The summed E-state index contributed by atoms with van der Waals surface area (Å²) in [5.41, 5.74) is -3.77. The molecule has 24 heteroatoms. The third-order valence-electron chi connectivity index (χ3n) is 11.7. The minimum Gasteiger partial charge on any atom is -0.377 e. The zero-order valence-corrected chi connectivity index (χ0v) is 36.2. The zero-order valence-electron chi connectivity index (χ0n) is 34.6. The molecule has 350 valence electrons. The largest absolute Gasteiger partial charge is 0.377 e. The first-order chi connectivity index (χ1) is 31.7. The van der Waals surface area contributed by atoms with Crippen molar-refractivity contribution in [2.75, 3.05) is 11.9 Å². The molecule has 3 aliphatic rings. The van der Waals surface area contributed by atoms with Crippen molar-refractivity contribution in [2.24, 2.45) is 5.92 Å². The van der Waals surface area contributed by atoms with Gasteiger partial charge in [0.25, 0.3) is 24.3 Å². The number of fused-ring (bicyclic) bond motifs is 4. The van der Waals surface area contributed by atoms with Gasteiger partial charge in [-0.2, -0.15) is 13.9 Å². The number of amides is 1. The van der Waals surface area contributed by atoms with E-state index >= 15 is 13.6 Å². The van der Waals surface area contributed by atoms with Gasteiger partial charge in [0.15, 0.2) is 5.82 Å². The van der Waals surface area contributed by atoms with Crippen LogP contribution in [0.1, 0.15) is 77.2 Å². The van der Waals surface area contributed by atoms with Gasteiger partial charge >= 0.3 is 0 Å². The van der Waals surface area contributed by atoms with Gasteiger partial charge in [-0.25, -0.2) is 49.7 Å². The summed E-state index contributed by atoms with van der Waals surface area (Å²) in [6.07, 6.45) is -4.96. The zero-order chi connectivity index (χ0) is 47.9. The van der Waals surface area contributed by atoms with Crippen molar-refractivity contribution in [3.05, 3.63) is 127 Å². The number of halogens is 9. The molecule has 0 spiro atoms. The minimum atomic E-state index is -4.17. The van der Waals surface area contributed by atoms with E-state index in [9.17, 15) is 39.6 Å². The van der Waals surface area contributed by atoms with Crippen LogP contribution in [0.25, 0.3) is 28.0 Å². The Labute approximate surface area is 379 Å². The number of nitrogens with zero attached hydrogens (tertiary/aromatic N) is 6. The number of amidine groups is 1. The molecule has 2 saturated carbocycles. The number of sulfonamides is 1.